The van der Waals surface area contributed by atoms with E-state index >= 15 is 0 Å². The van der Waals surface area contributed by atoms with Crippen molar-refractivity contribution in [1.82, 2.24) is 19.9 Å². The van der Waals surface area contributed by atoms with Gasteiger partial charge in [-0.3, -0.25) is 4.98 Å². The Hall–Kier alpha value is -3.51. The molecule has 0 bridgehead atoms. The van der Waals surface area contributed by atoms with E-state index in [1.807, 2.05) is 18.3 Å². The molecule has 0 aromatic carbocycles. The van der Waals surface area contributed by atoms with Gasteiger partial charge in [0.1, 0.15) is 17.7 Å². The first-order valence-corrected chi connectivity index (χ1v) is 11.1. The summed E-state index contributed by atoms with van der Waals surface area (Å²) in [5.41, 5.74) is 1.46. The Morgan fingerprint density at radius 1 is 1.06 bits per heavy atom. The standard InChI is InChI=1S/C23H26N8O/c24-13-18-15-27-23(28-16-18)26-14-17-3-6-31(7-4-17)22-19-2-1-5-25-20(19)12-21(29-22)30-8-10-32-11-9-30/h1-2,5,12,15-17H,3-4,6-11,14H2,(H,26,27,28). The Bertz CT molecular complexity index is 1100. The fraction of sp³-hybridized carbons (Fsp3) is 0.435. The van der Waals surface area contributed by atoms with Gasteiger partial charge in [-0.05, 0) is 30.9 Å². The van der Waals surface area contributed by atoms with Gasteiger partial charge in [-0.1, -0.05) is 0 Å². The van der Waals surface area contributed by atoms with Crippen molar-refractivity contribution in [3.05, 3.63) is 42.4 Å². The number of hydrogen-bond acceptors (Lipinski definition) is 9. The topological polar surface area (TPSA) is 103 Å². The quantitative estimate of drug-likeness (QED) is 0.654. The van der Waals surface area contributed by atoms with Gasteiger partial charge in [-0.25, -0.2) is 15.0 Å². The third kappa shape index (κ3) is 4.41. The van der Waals surface area contributed by atoms with Gasteiger partial charge in [-0.2, -0.15) is 5.26 Å². The molecule has 1 N–H and O–H groups in total. The second-order valence-corrected chi connectivity index (χ2v) is 8.19. The summed E-state index contributed by atoms with van der Waals surface area (Å²) in [4.78, 5) is 22.8. The summed E-state index contributed by atoms with van der Waals surface area (Å²) < 4.78 is 5.51. The number of rotatable bonds is 5. The highest BCUT2D eigenvalue weighted by atomic mass is 16.5. The van der Waals surface area contributed by atoms with Gasteiger partial charge in [0.15, 0.2) is 0 Å². The van der Waals surface area contributed by atoms with E-state index in [-0.39, 0.29) is 0 Å². The number of anilines is 3. The number of hydrogen-bond donors (Lipinski definition) is 1. The molecule has 0 radical (unpaired) electrons. The summed E-state index contributed by atoms with van der Waals surface area (Å²) in [7, 11) is 0. The molecule has 2 aliphatic heterocycles. The minimum absolute atomic E-state index is 0.470. The molecule has 164 valence electrons. The van der Waals surface area contributed by atoms with Crippen molar-refractivity contribution in [1.29, 1.82) is 5.26 Å². The summed E-state index contributed by atoms with van der Waals surface area (Å²) >= 11 is 0. The predicted octanol–water partition coefficient (Wildman–Crippen LogP) is 2.46. The van der Waals surface area contributed by atoms with Gasteiger partial charge < -0.3 is 19.9 Å². The van der Waals surface area contributed by atoms with Crippen LogP contribution in [-0.2, 0) is 4.74 Å². The number of nitrogens with zero attached hydrogens (tertiary/aromatic N) is 7. The van der Waals surface area contributed by atoms with E-state index in [1.165, 1.54) is 0 Å². The highest BCUT2D eigenvalue weighted by molar-refractivity contribution is 5.91. The Balaban J connectivity index is 1.27. The van der Waals surface area contributed by atoms with Crippen molar-refractivity contribution < 1.29 is 4.74 Å². The smallest absolute Gasteiger partial charge is 0.222 e. The lowest BCUT2D eigenvalue weighted by Gasteiger charge is -2.34. The normalized spacial score (nSPS) is 17.3. The maximum atomic E-state index is 8.87. The lowest BCUT2D eigenvalue weighted by atomic mass is 9.96. The molecule has 9 nitrogen and oxygen atoms in total. The van der Waals surface area contributed by atoms with Crippen molar-refractivity contribution in [2.24, 2.45) is 5.92 Å². The SMILES string of the molecule is N#Cc1cnc(NCC2CCN(c3nc(N4CCOCC4)cc4ncccc34)CC2)nc1. The molecule has 3 aromatic heterocycles. The molecule has 2 fully saturated rings. The van der Waals surface area contributed by atoms with Crippen molar-refractivity contribution in [2.45, 2.75) is 12.8 Å². The molecule has 2 aliphatic rings. The number of ether oxygens (including phenoxy) is 1. The average Bonchev–Trinajstić information content (AvgIpc) is 2.88. The van der Waals surface area contributed by atoms with Crippen molar-refractivity contribution >= 4 is 28.5 Å². The lowest BCUT2D eigenvalue weighted by Crippen LogP contribution is -2.38. The average molecular weight is 431 g/mol. The Morgan fingerprint density at radius 3 is 2.59 bits per heavy atom. The van der Waals surface area contributed by atoms with E-state index in [0.29, 0.717) is 17.4 Å². The fourth-order valence-corrected chi connectivity index (χ4v) is 4.30. The summed E-state index contributed by atoms with van der Waals surface area (Å²) in [6.45, 7) is 5.90. The molecule has 0 unspecified atom stereocenters. The molecule has 32 heavy (non-hydrogen) atoms. The van der Waals surface area contributed by atoms with Gasteiger partial charge in [0.25, 0.3) is 0 Å². The first kappa shape index (κ1) is 20.4. The molecule has 9 heteroatoms. The van der Waals surface area contributed by atoms with Crippen LogP contribution < -0.4 is 15.1 Å². The van der Waals surface area contributed by atoms with E-state index in [9.17, 15) is 0 Å². The zero-order valence-electron chi connectivity index (χ0n) is 17.9. The van der Waals surface area contributed by atoms with Crippen LogP contribution in [0.1, 0.15) is 18.4 Å². The zero-order valence-corrected chi connectivity index (χ0v) is 17.9. The first-order valence-electron chi connectivity index (χ1n) is 11.1. The minimum atomic E-state index is 0.470. The number of aromatic nitrogens is 4. The van der Waals surface area contributed by atoms with Crippen LogP contribution in [0.25, 0.3) is 10.9 Å². The van der Waals surface area contributed by atoms with E-state index in [0.717, 1.165) is 81.3 Å². The molecular formula is C23H26N8O. The number of morpholine rings is 1. The molecular weight excluding hydrogens is 404 g/mol. The number of piperidine rings is 1. The molecule has 5 rings (SSSR count). The highest BCUT2D eigenvalue weighted by Crippen LogP contribution is 2.31. The van der Waals surface area contributed by atoms with Crippen molar-refractivity contribution in [3.8, 4) is 6.07 Å². The molecule has 0 aliphatic carbocycles. The Morgan fingerprint density at radius 2 is 1.84 bits per heavy atom. The van der Waals surface area contributed by atoms with Gasteiger partial charge in [-0.15, -0.1) is 0 Å². The third-order valence-corrected chi connectivity index (χ3v) is 6.14. The van der Waals surface area contributed by atoms with Crippen LogP contribution in [-0.4, -0.2) is 65.9 Å². The second-order valence-electron chi connectivity index (χ2n) is 8.19. The maximum absolute atomic E-state index is 8.87. The van der Waals surface area contributed by atoms with Crippen LogP contribution in [0.5, 0.6) is 0 Å². The maximum Gasteiger partial charge on any atom is 0.222 e. The number of nitrogens with one attached hydrogen (secondary N) is 1. The summed E-state index contributed by atoms with van der Waals surface area (Å²) in [6, 6.07) is 8.23. The van der Waals surface area contributed by atoms with Gasteiger partial charge in [0.05, 0.1) is 36.7 Å². The molecule has 0 atom stereocenters. The molecule has 0 amide bonds. The molecule has 3 aromatic rings. The highest BCUT2D eigenvalue weighted by Gasteiger charge is 2.23. The lowest BCUT2D eigenvalue weighted by molar-refractivity contribution is 0.122. The number of fused-ring (bicyclic) bond motifs is 1. The van der Waals surface area contributed by atoms with Gasteiger partial charge in [0, 0.05) is 50.4 Å². The largest absolute Gasteiger partial charge is 0.378 e. The zero-order chi connectivity index (χ0) is 21.8. The third-order valence-electron chi connectivity index (χ3n) is 6.14. The second kappa shape index (κ2) is 9.32. The van der Waals surface area contributed by atoms with E-state index in [1.54, 1.807) is 12.4 Å². The molecule has 2 saturated heterocycles. The van der Waals surface area contributed by atoms with E-state index in [4.69, 9.17) is 15.0 Å². The minimum Gasteiger partial charge on any atom is -0.378 e. The van der Waals surface area contributed by atoms with Crippen molar-refractivity contribution in [3.63, 3.8) is 0 Å². The van der Waals surface area contributed by atoms with Gasteiger partial charge >= 0.3 is 0 Å². The molecule has 0 saturated carbocycles. The Kier molecular flexibility index (Phi) is 5.94. The summed E-state index contributed by atoms with van der Waals surface area (Å²) in [5, 5.41) is 13.3. The predicted molar refractivity (Wildman–Crippen MR) is 123 cm³/mol. The monoisotopic (exact) mass is 430 g/mol. The van der Waals surface area contributed by atoms with Crippen LogP contribution in [0.4, 0.5) is 17.6 Å². The molecule has 0 spiro atoms. The first-order chi connectivity index (χ1) is 15.8. The number of pyridine rings is 2. The van der Waals surface area contributed by atoms with E-state index in [2.05, 4.69) is 42.2 Å². The van der Waals surface area contributed by atoms with Crippen LogP contribution >= 0.6 is 0 Å². The molecule has 5 heterocycles. The van der Waals surface area contributed by atoms with Gasteiger partial charge in [0.2, 0.25) is 5.95 Å². The van der Waals surface area contributed by atoms with Crippen LogP contribution in [0.3, 0.4) is 0 Å². The fourth-order valence-electron chi connectivity index (χ4n) is 4.30. The van der Waals surface area contributed by atoms with E-state index < -0.39 is 0 Å². The summed E-state index contributed by atoms with van der Waals surface area (Å²) in [5.74, 6) is 3.12. The Labute approximate surface area is 187 Å². The number of nitriles is 1. The van der Waals surface area contributed by atoms with Crippen molar-refractivity contribution in [2.75, 3.05) is 61.1 Å². The van der Waals surface area contributed by atoms with Crippen LogP contribution in [0, 0.1) is 17.2 Å². The summed E-state index contributed by atoms with van der Waals surface area (Å²) in [6.07, 6.45) is 7.07. The van der Waals surface area contributed by atoms with Crippen LogP contribution in [0.15, 0.2) is 36.8 Å². The van der Waals surface area contributed by atoms with Crippen LogP contribution in [0.2, 0.25) is 0 Å².